The number of methoxy groups -OCH3 is 1. The molecule has 0 radical (unpaired) electrons. The maximum Gasteiger partial charge on any atom is 0.177 e. The lowest BCUT2D eigenvalue weighted by Gasteiger charge is -2.44. The van der Waals surface area contributed by atoms with E-state index in [-0.39, 0.29) is 6.23 Å². The fourth-order valence-corrected chi connectivity index (χ4v) is 6.03. The zero-order valence-electron chi connectivity index (χ0n) is 17.2. The van der Waals surface area contributed by atoms with Gasteiger partial charge in [-0.05, 0) is 19.1 Å². The molecule has 3 atom stereocenters. The topological polar surface area (TPSA) is 60.9 Å². The van der Waals surface area contributed by atoms with Crippen molar-refractivity contribution in [1.29, 1.82) is 0 Å². The Labute approximate surface area is 177 Å². The zero-order valence-corrected chi connectivity index (χ0v) is 17.2. The highest BCUT2D eigenvalue weighted by Crippen LogP contribution is 2.50. The molecular formula is C25H21N3O3. The molecule has 6 heteroatoms. The van der Waals surface area contributed by atoms with Crippen LogP contribution in [0.1, 0.15) is 19.6 Å². The molecule has 2 aliphatic rings. The lowest BCUT2D eigenvalue weighted by molar-refractivity contribution is -0.211. The molecule has 6 nitrogen and oxygen atoms in total. The van der Waals surface area contributed by atoms with Crippen molar-refractivity contribution in [2.75, 3.05) is 7.11 Å². The van der Waals surface area contributed by atoms with Crippen LogP contribution in [0.2, 0.25) is 0 Å². The maximum atomic E-state index is 9.92. The predicted molar refractivity (Wildman–Crippen MR) is 121 cm³/mol. The van der Waals surface area contributed by atoms with Gasteiger partial charge in [-0.3, -0.25) is 0 Å². The molecule has 154 valence electrons. The van der Waals surface area contributed by atoms with Crippen LogP contribution in [0, 0.1) is 0 Å². The van der Waals surface area contributed by atoms with Crippen LogP contribution in [0.4, 0.5) is 0 Å². The van der Waals surface area contributed by atoms with E-state index in [2.05, 4.69) is 75.0 Å². The van der Waals surface area contributed by atoms with Gasteiger partial charge in [0, 0.05) is 35.1 Å². The summed E-state index contributed by atoms with van der Waals surface area (Å²) >= 11 is 0. The second-order valence-corrected chi connectivity index (χ2v) is 8.64. The van der Waals surface area contributed by atoms with Gasteiger partial charge in [0.2, 0.25) is 0 Å². The van der Waals surface area contributed by atoms with E-state index in [1.807, 2.05) is 6.92 Å². The van der Waals surface area contributed by atoms with Gasteiger partial charge in [-0.2, -0.15) is 0 Å². The molecule has 31 heavy (non-hydrogen) atoms. The quantitative estimate of drug-likeness (QED) is 0.299. The summed E-state index contributed by atoms with van der Waals surface area (Å²) in [5, 5.41) is 18.3. The minimum Gasteiger partial charge on any atom is -0.411 e. The second-order valence-electron chi connectivity index (χ2n) is 8.64. The Morgan fingerprint density at radius 1 is 0.935 bits per heavy atom. The van der Waals surface area contributed by atoms with Gasteiger partial charge in [-0.15, -0.1) is 0 Å². The first-order chi connectivity index (χ1) is 15.2. The molecule has 0 amide bonds. The number of nitrogens with zero attached hydrogens (tertiary/aromatic N) is 3. The highest BCUT2D eigenvalue weighted by Gasteiger charge is 2.51. The van der Waals surface area contributed by atoms with Crippen LogP contribution in [0.3, 0.4) is 0 Å². The Balaban J connectivity index is 1.80. The first-order valence-electron chi connectivity index (χ1n) is 10.5. The molecule has 2 aliphatic heterocycles. The minimum atomic E-state index is -0.880. The molecule has 5 aromatic rings. The lowest BCUT2D eigenvalue weighted by Crippen LogP contribution is -2.54. The predicted octanol–water partition coefficient (Wildman–Crippen LogP) is 5.35. The Morgan fingerprint density at radius 2 is 1.58 bits per heavy atom. The van der Waals surface area contributed by atoms with Crippen LogP contribution < -0.4 is 0 Å². The molecule has 1 N–H and O–H groups in total. The van der Waals surface area contributed by atoms with E-state index in [1.54, 1.807) is 7.11 Å². The van der Waals surface area contributed by atoms with Crippen molar-refractivity contribution in [3.63, 3.8) is 0 Å². The zero-order chi connectivity index (χ0) is 20.9. The molecule has 1 fully saturated rings. The van der Waals surface area contributed by atoms with Crippen LogP contribution in [0.5, 0.6) is 0 Å². The van der Waals surface area contributed by atoms with Crippen molar-refractivity contribution >= 4 is 49.3 Å². The van der Waals surface area contributed by atoms with Crippen LogP contribution in [-0.2, 0) is 15.2 Å². The van der Waals surface area contributed by atoms with Gasteiger partial charge in [0.05, 0.1) is 27.8 Å². The molecule has 1 saturated heterocycles. The number of fused-ring (bicyclic) bond motifs is 10. The highest BCUT2D eigenvalue weighted by molar-refractivity contribution is 6.23. The summed E-state index contributed by atoms with van der Waals surface area (Å²) < 4.78 is 17.3. The van der Waals surface area contributed by atoms with E-state index in [0.717, 1.165) is 22.1 Å². The van der Waals surface area contributed by atoms with Crippen LogP contribution in [0.15, 0.2) is 65.8 Å². The number of para-hydroxylation sites is 2. The molecular weight excluding hydrogens is 390 g/mol. The first-order valence-corrected chi connectivity index (χ1v) is 10.5. The summed E-state index contributed by atoms with van der Waals surface area (Å²) in [7, 11) is 1.65. The summed E-state index contributed by atoms with van der Waals surface area (Å²) in [6.45, 7) is 2.04. The highest BCUT2D eigenvalue weighted by atomic mass is 16.6. The van der Waals surface area contributed by atoms with Gasteiger partial charge in [0.25, 0.3) is 0 Å². The summed E-state index contributed by atoms with van der Waals surface area (Å²) in [5.41, 5.74) is 4.18. The molecule has 4 heterocycles. The van der Waals surface area contributed by atoms with Gasteiger partial charge in [-0.1, -0.05) is 53.7 Å². The van der Waals surface area contributed by atoms with Gasteiger partial charge < -0.3 is 23.8 Å². The third-order valence-electron chi connectivity index (χ3n) is 7.15. The average Bonchev–Trinajstić information content (AvgIpc) is 3.29. The SMILES string of the molecule is CO[C@@H]1C(=NO)C[C@H]2O[C@]1(C)n1c3ccccc3c3ccc4c5ccccc5n2c4c31. The molecule has 7 rings (SSSR count). The van der Waals surface area contributed by atoms with Crippen LogP contribution in [0.25, 0.3) is 43.6 Å². The number of hydrogen-bond donors (Lipinski definition) is 1. The normalized spacial score (nSPS) is 26.6. The number of aromatic nitrogens is 2. The van der Waals surface area contributed by atoms with Gasteiger partial charge in [0.1, 0.15) is 12.3 Å². The van der Waals surface area contributed by atoms with E-state index in [1.165, 1.54) is 21.5 Å². The van der Waals surface area contributed by atoms with Crippen molar-refractivity contribution in [3.05, 3.63) is 60.7 Å². The molecule has 2 bridgehead atoms. The molecule has 0 saturated carbocycles. The third-order valence-corrected chi connectivity index (χ3v) is 7.15. The van der Waals surface area contributed by atoms with Crippen LogP contribution in [-0.4, -0.2) is 33.3 Å². The van der Waals surface area contributed by atoms with E-state index in [9.17, 15) is 5.21 Å². The molecule has 0 unspecified atom stereocenters. The molecule has 0 aliphatic carbocycles. The summed E-state index contributed by atoms with van der Waals surface area (Å²) in [4.78, 5) is 0. The third kappa shape index (κ3) is 1.89. The standard InChI is InChI=1S/C25H21N3O3/c1-25-24(30-2)18(26-29)13-21(31-25)27-19-9-5-3-7-14(19)16-11-12-17-15-8-4-6-10-20(15)28(25)23(17)22(16)27/h3-12,21,24,29H,13H2,1-2H3/t21-,24-,25+/m1/s1. The van der Waals surface area contributed by atoms with Crippen molar-refractivity contribution in [1.82, 2.24) is 9.13 Å². The maximum absolute atomic E-state index is 9.92. The Bertz CT molecular complexity index is 1580. The summed E-state index contributed by atoms with van der Waals surface area (Å²) in [6, 6.07) is 21.3. The smallest absolute Gasteiger partial charge is 0.177 e. The van der Waals surface area contributed by atoms with Crippen molar-refractivity contribution < 1.29 is 14.7 Å². The van der Waals surface area contributed by atoms with E-state index >= 15 is 0 Å². The van der Waals surface area contributed by atoms with Gasteiger partial charge in [-0.25, -0.2) is 0 Å². The molecule has 3 aromatic carbocycles. The minimum absolute atomic E-state index is 0.311. The number of ether oxygens (including phenoxy) is 2. The van der Waals surface area contributed by atoms with E-state index < -0.39 is 11.8 Å². The summed E-state index contributed by atoms with van der Waals surface area (Å²) in [5.74, 6) is 0. The number of benzene rings is 3. The number of hydrogen-bond acceptors (Lipinski definition) is 4. The summed E-state index contributed by atoms with van der Waals surface area (Å²) in [6.07, 6.45) is -0.370. The second kappa shape index (κ2) is 5.66. The first kappa shape index (κ1) is 17.3. The Hall–Kier alpha value is -3.35. The van der Waals surface area contributed by atoms with Gasteiger partial charge >= 0.3 is 0 Å². The van der Waals surface area contributed by atoms with E-state index in [4.69, 9.17) is 9.47 Å². The Morgan fingerprint density at radius 3 is 2.29 bits per heavy atom. The molecule has 2 aromatic heterocycles. The van der Waals surface area contributed by atoms with Crippen LogP contribution >= 0.6 is 0 Å². The van der Waals surface area contributed by atoms with Crippen molar-refractivity contribution in [2.45, 2.75) is 31.4 Å². The van der Waals surface area contributed by atoms with Gasteiger partial charge in [0.15, 0.2) is 5.72 Å². The van der Waals surface area contributed by atoms with Crippen molar-refractivity contribution in [2.24, 2.45) is 5.16 Å². The van der Waals surface area contributed by atoms with E-state index in [0.29, 0.717) is 12.1 Å². The number of oxime groups is 1. The average molecular weight is 411 g/mol. The lowest BCUT2D eigenvalue weighted by atomic mass is 9.96. The largest absolute Gasteiger partial charge is 0.411 e. The van der Waals surface area contributed by atoms with Crippen molar-refractivity contribution in [3.8, 4) is 0 Å². The number of rotatable bonds is 1. The molecule has 0 spiro atoms. The Kier molecular flexibility index (Phi) is 3.17. The fourth-order valence-electron chi connectivity index (χ4n) is 6.03. The fraction of sp³-hybridized carbons (Fsp3) is 0.240. The monoisotopic (exact) mass is 411 g/mol.